The molecule has 0 bridgehead atoms. The van der Waals surface area contributed by atoms with Crippen molar-refractivity contribution in [2.45, 2.75) is 36.0 Å². The zero-order valence-corrected chi connectivity index (χ0v) is 18.9. The second-order valence-corrected chi connectivity index (χ2v) is 10.5. The van der Waals surface area contributed by atoms with Crippen LogP contribution in [0.25, 0.3) is 0 Å². The van der Waals surface area contributed by atoms with Gasteiger partial charge in [-0.25, -0.2) is 0 Å². The third-order valence-electron chi connectivity index (χ3n) is 7.15. The molecule has 1 aliphatic heterocycles. The molecule has 1 saturated heterocycles. The molecule has 0 amide bonds. The van der Waals surface area contributed by atoms with E-state index in [9.17, 15) is 13.8 Å². The van der Waals surface area contributed by atoms with Gasteiger partial charge in [-0.05, 0) is 37.1 Å². The molecule has 5 rings (SSSR count). The number of fused-ring (bicyclic) bond motifs is 3. The largest absolute Gasteiger partial charge is 0.493 e. The Morgan fingerprint density at radius 3 is 2.56 bits per heavy atom. The highest BCUT2D eigenvalue weighted by Crippen LogP contribution is 2.61. The maximum Gasteiger partial charge on any atom is 0.218 e. The number of Topliss-reactive ketones (excluding diaryl/α,β-unsaturated/α-hetero) is 1. The number of methoxy groups -OCH3 is 1. The fourth-order valence-corrected chi connectivity index (χ4v) is 7.51. The first-order chi connectivity index (χ1) is 15.3. The van der Waals surface area contributed by atoms with E-state index in [1.54, 1.807) is 37.6 Å². The van der Waals surface area contributed by atoms with Gasteiger partial charge in [0.15, 0.2) is 11.5 Å². The van der Waals surface area contributed by atoms with Crippen LogP contribution >= 0.6 is 0 Å². The van der Waals surface area contributed by atoms with Crippen LogP contribution in [0.3, 0.4) is 0 Å². The van der Waals surface area contributed by atoms with Gasteiger partial charge in [-0.15, -0.1) is 0 Å². The molecule has 2 aliphatic carbocycles. The summed E-state index contributed by atoms with van der Waals surface area (Å²) in [5.41, 5.74) is 1.43. The number of carbonyl (C=O) groups excluding carboxylic acids is 2. The molecule has 6 nitrogen and oxygen atoms in total. The Labute approximate surface area is 188 Å². The predicted octanol–water partition coefficient (Wildman–Crippen LogP) is 3.84. The van der Waals surface area contributed by atoms with E-state index in [4.69, 9.17) is 13.9 Å². The van der Waals surface area contributed by atoms with E-state index in [0.717, 1.165) is 16.7 Å². The molecule has 5 atom stereocenters. The van der Waals surface area contributed by atoms with Crippen LogP contribution in [0.2, 0.25) is 0 Å². The maximum absolute atomic E-state index is 14.5. The van der Waals surface area contributed by atoms with Gasteiger partial charge in [-0.2, -0.15) is 0 Å². The van der Waals surface area contributed by atoms with Crippen LogP contribution in [0.15, 0.2) is 75.7 Å². The molecule has 1 aromatic carbocycles. The van der Waals surface area contributed by atoms with Crippen LogP contribution < -0.4 is 0 Å². The van der Waals surface area contributed by atoms with Crippen LogP contribution in [-0.2, 0) is 29.9 Å². The highest BCUT2D eigenvalue weighted by atomic mass is 32.2. The number of furan rings is 1. The lowest BCUT2D eigenvalue weighted by Crippen LogP contribution is -2.67. The van der Waals surface area contributed by atoms with Crippen molar-refractivity contribution in [1.82, 2.24) is 0 Å². The third kappa shape index (κ3) is 2.64. The van der Waals surface area contributed by atoms with E-state index >= 15 is 0 Å². The van der Waals surface area contributed by atoms with Crippen molar-refractivity contribution in [1.29, 1.82) is 0 Å². The van der Waals surface area contributed by atoms with E-state index in [0.29, 0.717) is 17.9 Å². The number of allylic oxidation sites excluding steroid dienone is 3. The minimum atomic E-state index is -1.86. The number of ketones is 2. The summed E-state index contributed by atoms with van der Waals surface area (Å²) in [6.45, 7) is 3.99. The molecule has 166 valence electrons. The van der Waals surface area contributed by atoms with E-state index in [1.165, 1.54) is 13.2 Å². The second kappa shape index (κ2) is 7.39. The first-order valence-electron chi connectivity index (χ1n) is 10.5. The Balaban J connectivity index is 1.81. The lowest BCUT2D eigenvalue weighted by atomic mass is 9.55. The molecule has 0 unspecified atom stereocenters. The average Bonchev–Trinajstić information content (AvgIpc) is 3.46. The standard InChI is InChI=1S/C25H24O6S/c1-15-4-6-18(7-5-15)32(28)25-21-16(14-31-22(21)17-9-11-30-13-17)8-10-24(25,2)20(26)12-19(29-3)23(25)27/h4-9,11-13,21-22H,10,14H2,1-3H3/t21-,22+,24+,25+,32+/m1/s1. The highest BCUT2D eigenvalue weighted by molar-refractivity contribution is 7.87. The van der Waals surface area contributed by atoms with Gasteiger partial charge < -0.3 is 13.9 Å². The molecule has 0 saturated carbocycles. The minimum absolute atomic E-state index is 0.0629. The first kappa shape index (κ1) is 21.1. The summed E-state index contributed by atoms with van der Waals surface area (Å²) in [6.07, 6.45) is 6.09. The Bertz CT molecular complexity index is 1180. The average molecular weight is 453 g/mol. The van der Waals surface area contributed by atoms with Crippen molar-refractivity contribution < 1.29 is 27.7 Å². The van der Waals surface area contributed by atoms with Crippen molar-refractivity contribution in [2.24, 2.45) is 11.3 Å². The fourth-order valence-electron chi connectivity index (χ4n) is 5.39. The van der Waals surface area contributed by atoms with Gasteiger partial charge in [-0.1, -0.05) is 30.7 Å². The smallest absolute Gasteiger partial charge is 0.218 e. The van der Waals surface area contributed by atoms with Gasteiger partial charge in [-0.3, -0.25) is 13.8 Å². The Hall–Kier alpha value is -2.77. The van der Waals surface area contributed by atoms with Gasteiger partial charge >= 0.3 is 0 Å². The number of hydrogen-bond acceptors (Lipinski definition) is 6. The molecule has 1 aromatic heterocycles. The number of rotatable bonds is 4. The molecule has 0 N–H and O–H groups in total. The third-order valence-corrected chi connectivity index (χ3v) is 9.32. The molecular formula is C25H24O6S. The number of benzene rings is 1. The summed E-state index contributed by atoms with van der Waals surface area (Å²) < 4.78 is 29.7. The summed E-state index contributed by atoms with van der Waals surface area (Å²) in [4.78, 5) is 28.2. The number of ether oxygens (including phenoxy) is 2. The summed E-state index contributed by atoms with van der Waals surface area (Å²) in [5, 5.41) is 0. The number of hydrogen-bond donors (Lipinski definition) is 0. The molecule has 1 fully saturated rings. The summed E-state index contributed by atoms with van der Waals surface area (Å²) in [6, 6.07) is 9.04. The van der Waals surface area contributed by atoms with Crippen LogP contribution in [0, 0.1) is 18.3 Å². The van der Waals surface area contributed by atoms with Crippen LogP contribution in [-0.4, -0.2) is 34.2 Å². The topological polar surface area (TPSA) is 82.8 Å². The first-order valence-corrected chi connectivity index (χ1v) is 11.7. The monoisotopic (exact) mass is 452 g/mol. The van der Waals surface area contributed by atoms with Gasteiger partial charge in [0.05, 0.1) is 48.6 Å². The highest BCUT2D eigenvalue weighted by Gasteiger charge is 2.72. The molecule has 3 aliphatic rings. The Morgan fingerprint density at radius 1 is 1.16 bits per heavy atom. The summed E-state index contributed by atoms with van der Waals surface area (Å²) in [5.74, 6) is -1.35. The molecule has 2 aromatic rings. The molecule has 0 spiro atoms. The number of carbonyl (C=O) groups is 2. The normalized spacial score (nSPS) is 32.6. The van der Waals surface area contributed by atoms with Crippen LogP contribution in [0.5, 0.6) is 0 Å². The van der Waals surface area contributed by atoms with E-state index in [1.807, 2.05) is 25.1 Å². The Kier molecular flexibility index (Phi) is 4.87. The van der Waals surface area contributed by atoms with Crippen molar-refractivity contribution in [3.05, 3.63) is 77.5 Å². The Morgan fingerprint density at radius 2 is 1.91 bits per heavy atom. The molecule has 0 radical (unpaired) electrons. The van der Waals surface area contributed by atoms with Crippen molar-refractivity contribution >= 4 is 22.4 Å². The second-order valence-electron chi connectivity index (χ2n) is 8.80. The summed E-state index contributed by atoms with van der Waals surface area (Å²) in [7, 11) is -0.502. The van der Waals surface area contributed by atoms with Gasteiger partial charge in [0.25, 0.3) is 0 Å². The quantitative estimate of drug-likeness (QED) is 0.656. The van der Waals surface area contributed by atoms with Crippen LogP contribution in [0.1, 0.15) is 30.6 Å². The SMILES string of the molecule is COC1=CC(=O)[C@]2(C)CC=C3CO[C@@H](c4ccoc4)[C@@H]3[C@]2([S@@](=O)c2ccc(C)cc2)C1=O. The predicted molar refractivity (Wildman–Crippen MR) is 117 cm³/mol. The minimum Gasteiger partial charge on any atom is -0.493 e. The van der Waals surface area contributed by atoms with Gasteiger partial charge in [0.1, 0.15) is 4.75 Å². The van der Waals surface area contributed by atoms with Crippen LogP contribution in [0.4, 0.5) is 0 Å². The zero-order valence-electron chi connectivity index (χ0n) is 18.1. The van der Waals surface area contributed by atoms with Crippen molar-refractivity contribution in [3.8, 4) is 0 Å². The van der Waals surface area contributed by atoms with Gasteiger partial charge in [0.2, 0.25) is 5.78 Å². The lowest BCUT2D eigenvalue weighted by molar-refractivity contribution is -0.139. The maximum atomic E-state index is 14.5. The molecule has 32 heavy (non-hydrogen) atoms. The number of aryl methyl sites for hydroxylation is 1. The fraction of sp³-hybridized carbons (Fsp3) is 0.360. The summed E-state index contributed by atoms with van der Waals surface area (Å²) >= 11 is 0. The molecular weight excluding hydrogens is 428 g/mol. The van der Waals surface area contributed by atoms with Crippen molar-refractivity contribution in [3.63, 3.8) is 0 Å². The van der Waals surface area contributed by atoms with E-state index in [-0.39, 0.29) is 11.5 Å². The van der Waals surface area contributed by atoms with Crippen molar-refractivity contribution in [2.75, 3.05) is 13.7 Å². The lowest BCUT2D eigenvalue weighted by Gasteiger charge is -2.53. The van der Waals surface area contributed by atoms with Gasteiger partial charge in [0, 0.05) is 22.5 Å². The van der Waals surface area contributed by atoms with E-state index < -0.39 is 38.8 Å². The zero-order chi connectivity index (χ0) is 22.7. The molecule has 7 heteroatoms. The molecule has 2 heterocycles. The van der Waals surface area contributed by atoms with E-state index in [2.05, 4.69) is 0 Å².